The fourth-order valence-electron chi connectivity index (χ4n) is 1.74. The molecule has 104 valence electrons. The van der Waals surface area contributed by atoms with E-state index in [4.69, 9.17) is 17.3 Å². The molecular weight excluding hydrogens is 278 g/mol. The van der Waals surface area contributed by atoms with Gasteiger partial charge >= 0.3 is 0 Å². The number of carbonyl (C=O) groups excluding carboxylic acids is 1. The standard InChI is InChI=1S/C14H14ClN3O2/c1-9-2-4-12(11(15)6-9)17-13(19)8-18-7-10(16)3-5-14(18)20/h2-7H,8,16H2,1H3,(H,17,19). The van der Waals surface area contributed by atoms with Gasteiger partial charge in [0.2, 0.25) is 5.91 Å². The van der Waals surface area contributed by atoms with Crippen LogP contribution in [-0.2, 0) is 11.3 Å². The van der Waals surface area contributed by atoms with Gasteiger partial charge in [-0.3, -0.25) is 9.59 Å². The van der Waals surface area contributed by atoms with Gasteiger partial charge in [0, 0.05) is 18.0 Å². The van der Waals surface area contributed by atoms with Gasteiger partial charge in [-0.15, -0.1) is 0 Å². The number of anilines is 2. The number of nitrogen functional groups attached to an aromatic ring is 1. The minimum Gasteiger partial charge on any atom is -0.398 e. The summed E-state index contributed by atoms with van der Waals surface area (Å²) in [7, 11) is 0. The number of nitrogens with one attached hydrogen (secondary N) is 1. The average Bonchev–Trinajstić information content (AvgIpc) is 2.37. The summed E-state index contributed by atoms with van der Waals surface area (Å²) < 4.78 is 1.24. The van der Waals surface area contributed by atoms with E-state index in [0.717, 1.165) is 5.56 Å². The highest BCUT2D eigenvalue weighted by atomic mass is 35.5. The topological polar surface area (TPSA) is 77.1 Å². The van der Waals surface area contributed by atoms with Crippen molar-refractivity contribution in [3.8, 4) is 0 Å². The number of pyridine rings is 1. The normalized spacial score (nSPS) is 10.3. The van der Waals surface area contributed by atoms with Gasteiger partial charge in [-0.1, -0.05) is 17.7 Å². The van der Waals surface area contributed by atoms with Gasteiger partial charge in [0.1, 0.15) is 6.54 Å². The van der Waals surface area contributed by atoms with Crippen molar-refractivity contribution in [1.82, 2.24) is 4.57 Å². The Kier molecular flexibility index (Phi) is 4.10. The van der Waals surface area contributed by atoms with E-state index in [2.05, 4.69) is 5.32 Å². The van der Waals surface area contributed by atoms with Gasteiger partial charge in [0.05, 0.1) is 10.7 Å². The number of benzene rings is 1. The molecule has 0 aliphatic carbocycles. The number of rotatable bonds is 3. The smallest absolute Gasteiger partial charge is 0.251 e. The van der Waals surface area contributed by atoms with E-state index in [9.17, 15) is 9.59 Å². The first kappa shape index (κ1) is 14.1. The lowest BCUT2D eigenvalue weighted by atomic mass is 10.2. The molecule has 5 nitrogen and oxygen atoms in total. The van der Waals surface area contributed by atoms with Crippen LogP contribution in [0.3, 0.4) is 0 Å². The van der Waals surface area contributed by atoms with Crippen molar-refractivity contribution in [2.45, 2.75) is 13.5 Å². The molecule has 6 heteroatoms. The number of aryl methyl sites for hydroxylation is 1. The highest BCUT2D eigenvalue weighted by Gasteiger charge is 2.08. The quantitative estimate of drug-likeness (QED) is 0.908. The average molecular weight is 292 g/mol. The fourth-order valence-corrected chi connectivity index (χ4v) is 2.02. The van der Waals surface area contributed by atoms with Crippen LogP contribution in [0.5, 0.6) is 0 Å². The van der Waals surface area contributed by atoms with Gasteiger partial charge in [0.15, 0.2) is 0 Å². The molecule has 0 saturated carbocycles. The Morgan fingerprint density at radius 2 is 2.10 bits per heavy atom. The molecule has 0 aliphatic heterocycles. The summed E-state index contributed by atoms with van der Waals surface area (Å²) in [6, 6.07) is 8.13. The Labute approximate surface area is 121 Å². The molecular formula is C14H14ClN3O2. The zero-order chi connectivity index (χ0) is 14.7. The summed E-state index contributed by atoms with van der Waals surface area (Å²) in [5.41, 5.74) is 7.23. The molecule has 1 aromatic heterocycles. The summed E-state index contributed by atoms with van der Waals surface area (Å²) in [6.07, 6.45) is 1.43. The van der Waals surface area contributed by atoms with E-state index >= 15 is 0 Å². The van der Waals surface area contributed by atoms with Crippen LogP contribution in [0, 0.1) is 6.92 Å². The van der Waals surface area contributed by atoms with Crippen LogP contribution in [-0.4, -0.2) is 10.5 Å². The Morgan fingerprint density at radius 1 is 1.35 bits per heavy atom. The number of hydrogen-bond donors (Lipinski definition) is 2. The summed E-state index contributed by atoms with van der Waals surface area (Å²) in [5, 5.41) is 3.12. The molecule has 2 rings (SSSR count). The Hall–Kier alpha value is -2.27. The highest BCUT2D eigenvalue weighted by molar-refractivity contribution is 6.33. The molecule has 0 radical (unpaired) electrons. The molecule has 1 heterocycles. The van der Waals surface area contributed by atoms with Crippen molar-refractivity contribution < 1.29 is 4.79 Å². The second-order valence-electron chi connectivity index (χ2n) is 4.46. The molecule has 20 heavy (non-hydrogen) atoms. The largest absolute Gasteiger partial charge is 0.398 e. The lowest BCUT2D eigenvalue weighted by molar-refractivity contribution is -0.116. The SMILES string of the molecule is Cc1ccc(NC(=O)Cn2cc(N)ccc2=O)c(Cl)c1. The molecule has 0 fully saturated rings. The van der Waals surface area contributed by atoms with Gasteiger partial charge in [-0.05, 0) is 30.7 Å². The third-order valence-electron chi connectivity index (χ3n) is 2.72. The van der Waals surface area contributed by atoms with E-state index in [0.29, 0.717) is 16.4 Å². The van der Waals surface area contributed by atoms with E-state index in [1.54, 1.807) is 12.1 Å². The maximum atomic E-state index is 11.9. The van der Waals surface area contributed by atoms with Crippen LogP contribution >= 0.6 is 11.6 Å². The van der Waals surface area contributed by atoms with E-state index in [-0.39, 0.29) is 18.0 Å². The molecule has 0 saturated heterocycles. The maximum absolute atomic E-state index is 11.9. The molecule has 0 bridgehead atoms. The Bertz CT molecular complexity index is 710. The minimum absolute atomic E-state index is 0.117. The third kappa shape index (κ3) is 3.39. The third-order valence-corrected chi connectivity index (χ3v) is 3.03. The van der Waals surface area contributed by atoms with Crippen molar-refractivity contribution >= 4 is 28.9 Å². The van der Waals surface area contributed by atoms with Crippen LogP contribution < -0.4 is 16.6 Å². The first-order valence-electron chi connectivity index (χ1n) is 5.97. The number of carbonyl (C=O) groups is 1. The second kappa shape index (κ2) is 5.79. The Morgan fingerprint density at radius 3 is 2.80 bits per heavy atom. The number of amides is 1. The van der Waals surface area contributed by atoms with Gasteiger partial charge in [0.25, 0.3) is 5.56 Å². The van der Waals surface area contributed by atoms with Crippen LogP contribution in [0.15, 0.2) is 41.3 Å². The fraction of sp³-hybridized carbons (Fsp3) is 0.143. The molecule has 0 spiro atoms. The van der Waals surface area contributed by atoms with Crippen LogP contribution in [0.2, 0.25) is 5.02 Å². The van der Waals surface area contributed by atoms with Crippen molar-refractivity contribution in [3.63, 3.8) is 0 Å². The summed E-state index contributed by atoms with van der Waals surface area (Å²) in [5.74, 6) is -0.344. The Balaban J connectivity index is 2.13. The lowest BCUT2D eigenvalue weighted by Gasteiger charge is -2.09. The highest BCUT2D eigenvalue weighted by Crippen LogP contribution is 2.22. The van der Waals surface area contributed by atoms with Gasteiger partial charge in [-0.25, -0.2) is 0 Å². The molecule has 1 amide bonds. The predicted octanol–water partition coefficient (Wildman–Crippen LogP) is 2.03. The van der Waals surface area contributed by atoms with E-state index in [1.165, 1.54) is 22.9 Å². The van der Waals surface area contributed by atoms with Gasteiger partial charge < -0.3 is 15.6 Å². The maximum Gasteiger partial charge on any atom is 0.251 e. The first-order valence-corrected chi connectivity index (χ1v) is 6.35. The van der Waals surface area contributed by atoms with Crippen molar-refractivity contribution in [1.29, 1.82) is 0 Å². The molecule has 0 atom stereocenters. The number of halogens is 1. The van der Waals surface area contributed by atoms with E-state index < -0.39 is 0 Å². The second-order valence-corrected chi connectivity index (χ2v) is 4.87. The van der Waals surface area contributed by atoms with E-state index in [1.807, 2.05) is 13.0 Å². The molecule has 2 aromatic rings. The number of nitrogens with two attached hydrogens (primary N) is 1. The predicted molar refractivity (Wildman–Crippen MR) is 79.9 cm³/mol. The van der Waals surface area contributed by atoms with Crippen molar-refractivity contribution in [2.75, 3.05) is 11.1 Å². The number of hydrogen-bond acceptors (Lipinski definition) is 3. The summed E-state index contributed by atoms with van der Waals surface area (Å²) in [6.45, 7) is 1.79. The zero-order valence-electron chi connectivity index (χ0n) is 10.9. The van der Waals surface area contributed by atoms with Crippen LogP contribution in [0.1, 0.15) is 5.56 Å². The zero-order valence-corrected chi connectivity index (χ0v) is 11.6. The molecule has 0 unspecified atom stereocenters. The van der Waals surface area contributed by atoms with Crippen molar-refractivity contribution in [3.05, 3.63) is 57.5 Å². The van der Waals surface area contributed by atoms with Crippen LogP contribution in [0.4, 0.5) is 11.4 Å². The molecule has 1 aromatic carbocycles. The molecule has 3 N–H and O–H groups in total. The number of nitrogens with zero attached hydrogens (tertiary/aromatic N) is 1. The van der Waals surface area contributed by atoms with Gasteiger partial charge in [-0.2, -0.15) is 0 Å². The van der Waals surface area contributed by atoms with Crippen molar-refractivity contribution in [2.24, 2.45) is 0 Å². The molecule has 0 aliphatic rings. The van der Waals surface area contributed by atoms with Crippen LogP contribution in [0.25, 0.3) is 0 Å². The number of aromatic nitrogens is 1. The summed E-state index contributed by atoms with van der Waals surface area (Å²) in [4.78, 5) is 23.5. The summed E-state index contributed by atoms with van der Waals surface area (Å²) >= 11 is 6.03. The monoisotopic (exact) mass is 291 g/mol. The minimum atomic E-state index is -0.344. The lowest BCUT2D eigenvalue weighted by Crippen LogP contribution is -2.27. The first-order chi connectivity index (χ1) is 9.45.